The van der Waals surface area contributed by atoms with Crippen molar-refractivity contribution in [1.29, 1.82) is 0 Å². The van der Waals surface area contributed by atoms with E-state index in [1.807, 2.05) is 18.2 Å². The standard InChI is InChI=1S/C15H20N4O2S/c20-14(18-9-11-5-8-21-10-11)16-6-7-17-15-19-12-3-1-2-4-13(12)22-15/h1-4,11H,5-10H2,(H,17,19)(H2,16,18,20)/t11-/m1/s1. The average molecular weight is 320 g/mol. The molecule has 2 amide bonds. The van der Waals surface area contributed by atoms with Crippen LogP contribution in [0.2, 0.25) is 0 Å². The van der Waals surface area contributed by atoms with Crippen LogP contribution in [-0.4, -0.2) is 43.9 Å². The number of carbonyl (C=O) groups is 1. The van der Waals surface area contributed by atoms with E-state index in [0.29, 0.717) is 25.6 Å². The number of ether oxygens (including phenoxy) is 1. The number of fused-ring (bicyclic) bond motifs is 1. The van der Waals surface area contributed by atoms with Crippen LogP contribution < -0.4 is 16.0 Å². The molecule has 0 unspecified atom stereocenters. The highest BCUT2D eigenvalue weighted by atomic mass is 32.1. The van der Waals surface area contributed by atoms with Crippen LogP contribution in [0, 0.1) is 5.92 Å². The number of rotatable bonds is 6. The van der Waals surface area contributed by atoms with Gasteiger partial charge in [0.1, 0.15) is 0 Å². The third-order valence-corrected chi connectivity index (χ3v) is 4.55. The summed E-state index contributed by atoms with van der Waals surface area (Å²) >= 11 is 1.62. The molecular formula is C15H20N4O2S. The molecule has 2 heterocycles. The molecule has 0 radical (unpaired) electrons. The monoisotopic (exact) mass is 320 g/mol. The molecule has 0 saturated carbocycles. The first-order chi connectivity index (χ1) is 10.8. The minimum absolute atomic E-state index is 0.127. The Balaban J connectivity index is 1.33. The van der Waals surface area contributed by atoms with Gasteiger partial charge in [-0.15, -0.1) is 0 Å². The SMILES string of the molecule is O=C(NCCNc1nc2ccccc2s1)NC[C@H]1CCOC1. The van der Waals surface area contributed by atoms with Gasteiger partial charge in [-0.1, -0.05) is 23.5 Å². The van der Waals surface area contributed by atoms with Crippen LogP contribution >= 0.6 is 11.3 Å². The van der Waals surface area contributed by atoms with Crippen molar-refractivity contribution in [3.05, 3.63) is 24.3 Å². The lowest BCUT2D eigenvalue weighted by molar-refractivity contribution is 0.185. The van der Waals surface area contributed by atoms with Gasteiger partial charge in [0.05, 0.1) is 16.8 Å². The largest absolute Gasteiger partial charge is 0.381 e. The smallest absolute Gasteiger partial charge is 0.314 e. The number of hydrogen-bond acceptors (Lipinski definition) is 5. The first kappa shape index (κ1) is 15.1. The fourth-order valence-electron chi connectivity index (χ4n) is 2.34. The second kappa shape index (κ2) is 7.42. The number of para-hydroxylation sites is 1. The van der Waals surface area contributed by atoms with E-state index in [-0.39, 0.29) is 6.03 Å². The molecule has 3 rings (SSSR count). The summed E-state index contributed by atoms with van der Waals surface area (Å²) < 4.78 is 6.44. The molecule has 7 heteroatoms. The molecule has 6 nitrogen and oxygen atoms in total. The number of hydrogen-bond donors (Lipinski definition) is 3. The first-order valence-corrected chi connectivity index (χ1v) is 8.32. The van der Waals surface area contributed by atoms with Gasteiger partial charge in [-0.3, -0.25) is 0 Å². The number of benzene rings is 1. The van der Waals surface area contributed by atoms with Gasteiger partial charge in [-0.2, -0.15) is 0 Å². The first-order valence-electron chi connectivity index (χ1n) is 7.50. The van der Waals surface area contributed by atoms with E-state index in [1.165, 1.54) is 0 Å². The summed E-state index contributed by atoms with van der Waals surface area (Å²) in [5.41, 5.74) is 1.000. The van der Waals surface area contributed by atoms with Gasteiger partial charge in [0, 0.05) is 32.2 Å². The second-order valence-electron chi connectivity index (χ2n) is 5.28. The van der Waals surface area contributed by atoms with Crippen LogP contribution in [0.25, 0.3) is 10.2 Å². The van der Waals surface area contributed by atoms with Crippen molar-refractivity contribution in [3.8, 4) is 0 Å². The maximum atomic E-state index is 11.6. The van der Waals surface area contributed by atoms with Crippen molar-refractivity contribution in [1.82, 2.24) is 15.6 Å². The number of nitrogens with zero attached hydrogens (tertiary/aromatic N) is 1. The molecule has 1 aliphatic heterocycles. The lowest BCUT2D eigenvalue weighted by atomic mass is 10.1. The van der Waals surface area contributed by atoms with Crippen molar-refractivity contribution < 1.29 is 9.53 Å². The van der Waals surface area contributed by atoms with Crippen LogP contribution in [0.3, 0.4) is 0 Å². The summed E-state index contributed by atoms with van der Waals surface area (Å²) in [6.07, 6.45) is 1.03. The molecule has 1 aromatic heterocycles. The molecule has 1 aromatic carbocycles. The molecule has 118 valence electrons. The Labute approximate surface area is 133 Å². The van der Waals surface area contributed by atoms with Gasteiger partial charge in [0.15, 0.2) is 5.13 Å². The number of amides is 2. The molecule has 3 N–H and O–H groups in total. The zero-order valence-corrected chi connectivity index (χ0v) is 13.1. The van der Waals surface area contributed by atoms with Crippen LogP contribution in [0.4, 0.5) is 9.93 Å². The lowest BCUT2D eigenvalue weighted by Gasteiger charge is -2.10. The number of aromatic nitrogens is 1. The molecule has 1 fully saturated rings. The Morgan fingerprint density at radius 1 is 1.32 bits per heavy atom. The third-order valence-electron chi connectivity index (χ3n) is 3.56. The highest BCUT2D eigenvalue weighted by molar-refractivity contribution is 7.22. The summed E-state index contributed by atoms with van der Waals surface area (Å²) in [6.45, 7) is 3.44. The molecular weight excluding hydrogens is 300 g/mol. The van der Waals surface area contributed by atoms with Crippen LogP contribution in [-0.2, 0) is 4.74 Å². The van der Waals surface area contributed by atoms with E-state index < -0.39 is 0 Å². The normalized spacial score (nSPS) is 17.5. The summed E-state index contributed by atoms with van der Waals surface area (Å²) in [5, 5.41) is 9.82. The number of carbonyl (C=O) groups excluding carboxylic acids is 1. The van der Waals surface area contributed by atoms with Gasteiger partial charge < -0.3 is 20.7 Å². The van der Waals surface area contributed by atoms with Gasteiger partial charge >= 0.3 is 6.03 Å². The van der Waals surface area contributed by atoms with Gasteiger partial charge in [0.25, 0.3) is 0 Å². The molecule has 0 spiro atoms. The summed E-state index contributed by atoms with van der Waals surface area (Å²) in [4.78, 5) is 16.1. The Hall–Kier alpha value is -1.86. The van der Waals surface area contributed by atoms with Gasteiger partial charge in [-0.05, 0) is 18.6 Å². The molecule has 1 aliphatic rings. The average Bonchev–Trinajstić information content (AvgIpc) is 3.18. The van der Waals surface area contributed by atoms with E-state index in [1.54, 1.807) is 11.3 Å². The van der Waals surface area contributed by atoms with Crippen LogP contribution in [0.5, 0.6) is 0 Å². The Morgan fingerprint density at radius 3 is 3.05 bits per heavy atom. The van der Waals surface area contributed by atoms with Crippen molar-refractivity contribution in [2.45, 2.75) is 6.42 Å². The predicted molar refractivity (Wildman–Crippen MR) is 88.4 cm³/mol. The van der Waals surface area contributed by atoms with Gasteiger partial charge in [0.2, 0.25) is 0 Å². The van der Waals surface area contributed by atoms with Crippen molar-refractivity contribution in [2.24, 2.45) is 5.92 Å². The third kappa shape index (κ3) is 4.08. The van der Waals surface area contributed by atoms with E-state index >= 15 is 0 Å². The van der Waals surface area contributed by atoms with E-state index in [4.69, 9.17) is 4.74 Å². The molecule has 0 bridgehead atoms. The lowest BCUT2D eigenvalue weighted by Crippen LogP contribution is -2.40. The minimum atomic E-state index is -0.127. The molecule has 1 atom stereocenters. The van der Waals surface area contributed by atoms with Crippen molar-refractivity contribution in [3.63, 3.8) is 0 Å². The highest BCUT2D eigenvalue weighted by Gasteiger charge is 2.15. The Morgan fingerprint density at radius 2 is 2.23 bits per heavy atom. The number of thiazole rings is 1. The van der Waals surface area contributed by atoms with Crippen molar-refractivity contribution in [2.75, 3.05) is 38.2 Å². The maximum Gasteiger partial charge on any atom is 0.314 e. The minimum Gasteiger partial charge on any atom is -0.381 e. The zero-order chi connectivity index (χ0) is 15.2. The summed E-state index contributed by atoms with van der Waals surface area (Å²) in [6, 6.07) is 7.91. The fraction of sp³-hybridized carbons (Fsp3) is 0.467. The maximum absolute atomic E-state index is 11.6. The molecule has 22 heavy (non-hydrogen) atoms. The predicted octanol–water partition coefficient (Wildman–Crippen LogP) is 2.04. The van der Waals surface area contributed by atoms with Gasteiger partial charge in [-0.25, -0.2) is 9.78 Å². The van der Waals surface area contributed by atoms with Crippen LogP contribution in [0.15, 0.2) is 24.3 Å². The summed E-state index contributed by atoms with van der Waals surface area (Å²) in [7, 11) is 0. The Bertz CT molecular complexity index is 592. The van der Waals surface area contributed by atoms with E-state index in [0.717, 1.165) is 35.0 Å². The Kier molecular flexibility index (Phi) is 5.07. The molecule has 2 aromatic rings. The quantitative estimate of drug-likeness (QED) is 0.712. The molecule has 0 aliphatic carbocycles. The van der Waals surface area contributed by atoms with Crippen LogP contribution in [0.1, 0.15) is 6.42 Å². The van der Waals surface area contributed by atoms with E-state index in [9.17, 15) is 4.79 Å². The molecule has 1 saturated heterocycles. The highest BCUT2D eigenvalue weighted by Crippen LogP contribution is 2.24. The topological polar surface area (TPSA) is 75.3 Å². The summed E-state index contributed by atoms with van der Waals surface area (Å²) in [5.74, 6) is 0.451. The zero-order valence-electron chi connectivity index (χ0n) is 12.3. The number of anilines is 1. The van der Waals surface area contributed by atoms with Crippen molar-refractivity contribution >= 4 is 32.7 Å². The number of nitrogens with one attached hydrogen (secondary N) is 3. The second-order valence-corrected chi connectivity index (χ2v) is 6.31. The number of urea groups is 1. The van der Waals surface area contributed by atoms with E-state index in [2.05, 4.69) is 27.0 Å². The fourth-order valence-corrected chi connectivity index (χ4v) is 3.23.